The fourth-order valence-electron chi connectivity index (χ4n) is 7.83. The first kappa shape index (κ1) is 47.8. The molecular formula is C49H37N7O12S3. The van der Waals surface area contributed by atoms with Crippen LogP contribution in [0.3, 0.4) is 0 Å². The van der Waals surface area contributed by atoms with Crippen molar-refractivity contribution in [2.45, 2.75) is 21.6 Å². The van der Waals surface area contributed by atoms with Crippen molar-refractivity contribution in [2.75, 3.05) is 19.0 Å². The Morgan fingerprint density at radius 1 is 0.493 bits per heavy atom. The Morgan fingerprint density at radius 2 is 1.11 bits per heavy atom. The minimum atomic E-state index is -4.92. The highest BCUT2D eigenvalue weighted by molar-refractivity contribution is 7.86. The molecule has 0 fully saturated rings. The maximum atomic E-state index is 12.4. The van der Waals surface area contributed by atoms with E-state index in [1.807, 2.05) is 30.3 Å². The van der Waals surface area contributed by atoms with E-state index < -0.39 is 45.0 Å². The lowest BCUT2D eigenvalue weighted by molar-refractivity contribution is 0.342. The van der Waals surface area contributed by atoms with E-state index >= 15 is 0 Å². The van der Waals surface area contributed by atoms with Crippen LogP contribution in [-0.2, 0) is 30.4 Å². The van der Waals surface area contributed by atoms with Gasteiger partial charge in [0.1, 0.15) is 32.7 Å². The van der Waals surface area contributed by atoms with Crippen molar-refractivity contribution in [2.24, 2.45) is 30.7 Å². The molecule has 0 bridgehead atoms. The number of aromatic hydroxyl groups is 1. The highest BCUT2D eigenvalue weighted by Gasteiger charge is 2.22. The number of nitrogens with zero attached hydrogens (tertiary/aromatic N) is 6. The van der Waals surface area contributed by atoms with E-state index in [-0.39, 0.29) is 68.4 Å². The third kappa shape index (κ3) is 9.96. The maximum Gasteiger partial charge on any atom is 0.295 e. The third-order valence-corrected chi connectivity index (χ3v) is 13.8. The molecule has 9 aromatic carbocycles. The Morgan fingerprint density at radius 3 is 1.82 bits per heavy atom. The van der Waals surface area contributed by atoms with Gasteiger partial charge in [-0.05, 0) is 103 Å². The molecule has 0 unspecified atom stereocenters. The van der Waals surface area contributed by atoms with Crippen molar-refractivity contribution in [3.05, 3.63) is 146 Å². The number of anilines is 2. The molecule has 0 amide bonds. The van der Waals surface area contributed by atoms with Gasteiger partial charge in [-0.25, -0.2) is 0 Å². The lowest BCUT2D eigenvalue weighted by atomic mass is 10.1. The molecule has 0 atom stereocenters. The van der Waals surface area contributed by atoms with Crippen LogP contribution in [0.25, 0.3) is 43.1 Å². The summed E-state index contributed by atoms with van der Waals surface area (Å²) in [5.41, 5.74) is 2.44. The number of fused-ring (bicyclic) bond motifs is 4. The monoisotopic (exact) mass is 1010 g/mol. The number of benzene rings is 9. The number of hydrogen-bond donors (Lipinski definition) is 5. The Balaban J connectivity index is 1.08. The second-order valence-electron chi connectivity index (χ2n) is 15.6. The first-order valence-corrected chi connectivity index (χ1v) is 25.4. The predicted octanol–water partition coefficient (Wildman–Crippen LogP) is 13.1. The summed E-state index contributed by atoms with van der Waals surface area (Å²) in [5.74, 6) is 0.769. The topological polar surface area (TPSA) is 288 Å². The van der Waals surface area contributed by atoms with Crippen molar-refractivity contribution >= 4 is 119 Å². The zero-order chi connectivity index (χ0) is 50.2. The van der Waals surface area contributed by atoms with Crippen LogP contribution in [0.5, 0.6) is 17.2 Å². The number of phenolic OH excluding ortho intramolecular Hbond substituents is 1. The number of phenols is 1. The molecule has 0 radical (unpaired) electrons. The van der Waals surface area contributed by atoms with Gasteiger partial charge in [-0.15, -0.1) is 25.6 Å². The first-order chi connectivity index (χ1) is 33.9. The van der Waals surface area contributed by atoms with Crippen LogP contribution < -0.4 is 14.8 Å². The van der Waals surface area contributed by atoms with Crippen LogP contribution >= 0.6 is 0 Å². The van der Waals surface area contributed by atoms with Gasteiger partial charge < -0.3 is 19.9 Å². The summed E-state index contributed by atoms with van der Waals surface area (Å²) in [6.07, 6.45) is 0. The summed E-state index contributed by atoms with van der Waals surface area (Å²) in [6.45, 7) is 1.90. The predicted molar refractivity (Wildman–Crippen MR) is 267 cm³/mol. The Bertz CT molecular complexity index is 4080. The normalized spacial score (nSPS) is 12.6. The average Bonchev–Trinajstić information content (AvgIpc) is 3.34. The Labute approximate surface area is 404 Å². The number of ether oxygens (including phenoxy) is 2. The fraction of sp³-hybridized carbons (Fsp3) is 0.0612. The fourth-order valence-corrected chi connectivity index (χ4v) is 9.76. The standard InChI is InChI=1S/C49H37N7O12S3/c1-3-68-45-27-44(55-51-31-24-40-37(47(25-31)71(64,65)66)9-6-10-46(40)70(61,62)63)35-7-4-5-8-38(35)48(45)56-53-41-21-22-42(39-26-33(69(58,59)60)17-19-36(39)41)52-54-43-20-11-28-23-30(14-18-34(28)49(43)57)50-29-12-15-32(67-2)16-13-29/h4-27,50,57H,3H2,1-2H3,(H,58,59,60)(H,61,62,63)(H,64,65,66). The highest BCUT2D eigenvalue weighted by atomic mass is 32.2. The molecule has 19 nitrogen and oxygen atoms in total. The number of rotatable bonds is 14. The summed E-state index contributed by atoms with van der Waals surface area (Å²) in [5, 5.41) is 43.4. The summed E-state index contributed by atoms with van der Waals surface area (Å²) < 4.78 is 115. The van der Waals surface area contributed by atoms with Gasteiger partial charge in [0.15, 0.2) is 5.75 Å². The molecular weight excluding hydrogens is 975 g/mol. The molecule has 0 heterocycles. The highest BCUT2D eigenvalue weighted by Crippen LogP contribution is 2.45. The first-order valence-electron chi connectivity index (χ1n) is 21.1. The molecule has 358 valence electrons. The van der Waals surface area contributed by atoms with Crippen molar-refractivity contribution in [3.8, 4) is 17.2 Å². The quantitative estimate of drug-likeness (QED) is 0.0501. The average molecular weight is 1010 g/mol. The van der Waals surface area contributed by atoms with Crippen molar-refractivity contribution < 1.29 is 53.5 Å². The molecule has 5 N–H and O–H groups in total. The number of nitrogens with one attached hydrogen (secondary N) is 1. The van der Waals surface area contributed by atoms with Gasteiger partial charge in [-0.3, -0.25) is 13.7 Å². The van der Waals surface area contributed by atoms with Crippen molar-refractivity contribution in [1.29, 1.82) is 0 Å². The molecule has 0 aliphatic rings. The lowest BCUT2D eigenvalue weighted by Crippen LogP contribution is -2.03. The molecule has 0 saturated heterocycles. The zero-order valence-corrected chi connectivity index (χ0v) is 39.5. The van der Waals surface area contributed by atoms with Crippen LogP contribution in [0.2, 0.25) is 0 Å². The number of hydrogen-bond acceptors (Lipinski definition) is 16. The Hall–Kier alpha value is -8.25. The van der Waals surface area contributed by atoms with Crippen molar-refractivity contribution in [3.63, 3.8) is 0 Å². The van der Waals surface area contributed by atoms with E-state index in [9.17, 15) is 44.0 Å². The summed E-state index contributed by atoms with van der Waals surface area (Å²) >= 11 is 0. The second kappa shape index (κ2) is 18.9. The Kier molecular flexibility index (Phi) is 12.7. The summed E-state index contributed by atoms with van der Waals surface area (Å²) in [6, 6.07) is 37.3. The van der Waals surface area contributed by atoms with E-state index in [1.54, 1.807) is 68.6 Å². The van der Waals surface area contributed by atoms with Gasteiger partial charge in [0, 0.05) is 55.1 Å². The number of azo groups is 3. The molecule has 0 saturated carbocycles. The minimum Gasteiger partial charge on any atom is -0.505 e. The van der Waals surface area contributed by atoms with Gasteiger partial charge in [0.25, 0.3) is 30.4 Å². The third-order valence-electron chi connectivity index (χ3n) is 11.1. The van der Waals surface area contributed by atoms with Crippen LogP contribution in [0.4, 0.5) is 45.5 Å². The molecule has 9 rings (SSSR count). The largest absolute Gasteiger partial charge is 0.505 e. The molecule has 71 heavy (non-hydrogen) atoms. The molecule has 0 aromatic heterocycles. The van der Waals surface area contributed by atoms with Gasteiger partial charge in [-0.1, -0.05) is 48.5 Å². The van der Waals surface area contributed by atoms with E-state index in [4.69, 9.17) is 9.47 Å². The molecule has 0 aliphatic heterocycles. The van der Waals surface area contributed by atoms with Crippen LogP contribution in [0.15, 0.2) is 191 Å². The smallest absolute Gasteiger partial charge is 0.295 e. The van der Waals surface area contributed by atoms with E-state index in [0.29, 0.717) is 26.9 Å². The number of methoxy groups -OCH3 is 1. The van der Waals surface area contributed by atoms with Gasteiger partial charge in [0.05, 0.1) is 41.4 Å². The zero-order valence-electron chi connectivity index (χ0n) is 37.0. The van der Waals surface area contributed by atoms with Crippen molar-refractivity contribution in [1.82, 2.24) is 0 Å². The molecule has 22 heteroatoms. The van der Waals surface area contributed by atoms with Gasteiger partial charge in [0.2, 0.25) is 0 Å². The lowest BCUT2D eigenvalue weighted by Gasteiger charge is -2.12. The summed E-state index contributed by atoms with van der Waals surface area (Å²) in [7, 11) is -12.8. The molecule has 0 spiro atoms. The van der Waals surface area contributed by atoms with Gasteiger partial charge >= 0.3 is 0 Å². The molecule has 9 aromatic rings. The van der Waals surface area contributed by atoms with Crippen LogP contribution in [0.1, 0.15) is 6.92 Å². The summed E-state index contributed by atoms with van der Waals surface area (Å²) in [4.78, 5) is -1.70. The SMILES string of the molecule is CCOc1cc(N=Nc2cc(S(=O)(=O)O)c3cccc(S(=O)(=O)O)c3c2)c2ccccc2c1N=Nc1ccc(N=Nc2ccc3cc(Nc4ccc(OC)cc4)ccc3c2O)c2cc(S(=O)(=O)O)ccc12. The van der Waals surface area contributed by atoms with E-state index in [1.165, 1.54) is 48.5 Å². The van der Waals surface area contributed by atoms with Crippen LogP contribution in [-0.4, -0.2) is 57.7 Å². The minimum absolute atomic E-state index is 0.126. The second-order valence-corrected chi connectivity index (χ2v) is 19.8. The maximum absolute atomic E-state index is 12.4. The molecule has 0 aliphatic carbocycles. The van der Waals surface area contributed by atoms with E-state index in [2.05, 4.69) is 36.0 Å². The van der Waals surface area contributed by atoms with E-state index in [0.717, 1.165) is 29.3 Å². The van der Waals surface area contributed by atoms with Gasteiger partial charge in [-0.2, -0.15) is 30.4 Å². The van der Waals surface area contributed by atoms with Crippen LogP contribution in [0, 0.1) is 0 Å².